The third-order valence-corrected chi connectivity index (χ3v) is 4.73. The molecule has 0 radical (unpaired) electrons. The van der Waals surface area contributed by atoms with E-state index in [2.05, 4.69) is 25.7 Å². The van der Waals surface area contributed by atoms with Crippen molar-refractivity contribution in [2.75, 3.05) is 20.2 Å². The standard InChI is InChI=1S/C15H28N2O2/c1-14(2)6-11-7-15(3,9-14)10-17(11)13(18)5-12(8-16)19-4/h11-12H,5-10,16H2,1-4H3. The van der Waals surface area contributed by atoms with E-state index in [0.717, 1.165) is 19.4 Å². The summed E-state index contributed by atoms with van der Waals surface area (Å²) in [5.74, 6) is 0.212. The van der Waals surface area contributed by atoms with E-state index in [0.29, 0.717) is 29.8 Å². The molecule has 110 valence electrons. The Labute approximate surface area is 116 Å². The van der Waals surface area contributed by atoms with Gasteiger partial charge in [-0.2, -0.15) is 0 Å². The maximum atomic E-state index is 12.5. The van der Waals surface area contributed by atoms with Crippen LogP contribution < -0.4 is 5.73 Å². The van der Waals surface area contributed by atoms with Gasteiger partial charge in [0.1, 0.15) is 0 Å². The molecule has 2 aliphatic rings. The predicted molar refractivity (Wildman–Crippen MR) is 75.7 cm³/mol. The molecule has 0 spiro atoms. The van der Waals surface area contributed by atoms with Gasteiger partial charge in [0.25, 0.3) is 0 Å². The Morgan fingerprint density at radius 1 is 1.42 bits per heavy atom. The summed E-state index contributed by atoms with van der Waals surface area (Å²) < 4.78 is 5.23. The summed E-state index contributed by atoms with van der Waals surface area (Å²) in [7, 11) is 1.62. The van der Waals surface area contributed by atoms with Gasteiger partial charge in [-0.05, 0) is 30.1 Å². The van der Waals surface area contributed by atoms with Gasteiger partial charge in [0.05, 0.1) is 12.5 Å². The van der Waals surface area contributed by atoms with E-state index in [-0.39, 0.29) is 12.0 Å². The molecule has 0 aromatic heterocycles. The molecule has 2 bridgehead atoms. The molecule has 4 heteroatoms. The summed E-state index contributed by atoms with van der Waals surface area (Å²) in [6, 6.07) is 0.413. The summed E-state index contributed by atoms with van der Waals surface area (Å²) >= 11 is 0. The van der Waals surface area contributed by atoms with Crippen molar-refractivity contribution in [3.63, 3.8) is 0 Å². The number of amides is 1. The van der Waals surface area contributed by atoms with Gasteiger partial charge in [0.2, 0.25) is 5.91 Å². The number of nitrogens with two attached hydrogens (primary N) is 1. The highest BCUT2D eigenvalue weighted by Crippen LogP contribution is 2.52. The highest BCUT2D eigenvalue weighted by molar-refractivity contribution is 5.77. The lowest BCUT2D eigenvalue weighted by Gasteiger charge is -2.39. The first kappa shape index (κ1) is 14.8. The van der Waals surface area contributed by atoms with Crippen molar-refractivity contribution in [2.45, 2.75) is 58.6 Å². The van der Waals surface area contributed by atoms with Gasteiger partial charge >= 0.3 is 0 Å². The molecule has 1 saturated carbocycles. The molecular formula is C15H28N2O2. The van der Waals surface area contributed by atoms with E-state index in [9.17, 15) is 4.79 Å². The molecule has 1 aliphatic heterocycles. The second-order valence-electron chi connectivity index (χ2n) is 7.53. The molecule has 2 fully saturated rings. The lowest BCUT2D eigenvalue weighted by atomic mass is 9.65. The van der Waals surface area contributed by atoms with Gasteiger partial charge in [0, 0.05) is 26.2 Å². The Balaban J connectivity index is 2.05. The van der Waals surface area contributed by atoms with Crippen LogP contribution in [-0.4, -0.2) is 43.2 Å². The van der Waals surface area contributed by atoms with Crippen molar-refractivity contribution in [3.8, 4) is 0 Å². The maximum Gasteiger partial charge on any atom is 0.225 e. The smallest absolute Gasteiger partial charge is 0.225 e. The molecule has 1 aliphatic carbocycles. The van der Waals surface area contributed by atoms with Crippen molar-refractivity contribution >= 4 is 5.91 Å². The minimum absolute atomic E-state index is 0.145. The molecule has 0 aromatic rings. The lowest BCUT2D eigenvalue weighted by molar-refractivity contribution is -0.134. The zero-order valence-corrected chi connectivity index (χ0v) is 12.7. The van der Waals surface area contributed by atoms with Crippen LogP contribution in [0.4, 0.5) is 0 Å². The van der Waals surface area contributed by atoms with E-state index in [1.54, 1.807) is 7.11 Å². The van der Waals surface area contributed by atoms with Crippen LogP contribution in [0, 0.1) is 10.8 Å². The van der Waals surface area contributed by atoms with Crippen LogP contribution in [0.1, 0.15) is 46.5 Å². The van der Waals surface area contributed by atoms with Crippen LogP contribution in [0.2, 0.25) is 0 Å². The van der Waals surface area contributed by atoms with Crippen LogP contribution in [0.25, 0.3) is 0 Å². The summed E-state index contributed by atoms with van der Waals surface area (Å²) in [5.41, 5.74) is 6.26. The van der Waals surface area contributed by atoms with Crippen LogP contribution >= 0.6 is 0 Å². The van der Waals surface area contributed by atoms with Crippen LogP contribution in [0.3, 0.4) is 0 Å². The third-order valence-electron chi connectivity index (χ3n) is 4.73. The minimum atomic E-state index is -0.145. The normalized spacial score (nSPS) is 34.4. The first-order valence-corrected chi connectivity index (χ1v) is 7.31. The summed E-state index contributed by atoms with van der Waals surface area (Å²) in [6.45, 7) is 8.28. The number of carbonyl (C=O) groups is 1. The fourth-order valence-corrected chi connectivity index (χ4v) is 4.33. The second kappa shape index (κ2) is 5.06. The Morgan fingerprint density at radius 2 is 2.11 bits per heavy atom. The average molecular weight is 268 g/mol. The minimum Gasteiger partial charge on any atom is -0.380 e. The topological polar surface area (TPSA) is 55.6 Å². The van der Waals surface area contributed by atoms with Crippen LogP contribution in [0.5, 0.6) is 0 Å². The Bertz CT molecular complexity index is 352. The molecular weight excluding hydrogens is 240 g/mol. The molecule has 19 heavy (non-hydrogen) atoms. The molecule has 4 nitrogen and oxygen atoms in total. The van der Waals surface area contributed by atoms with Gasteiger partial charge in [-0.25, -0.2) is 0 Å². The van der Waals surface area contributed by atoms with Gasteiger partial charge in [-0.3, -0.25) is 4.79 Å². The molecule has 1 amide bonds. The van der Waals surface area contributed by atoms with Crippen LogP contribution in [0.15, 0.2) is 0 Å². The number of rotatable bonds is 4. The number of nitrogens with zero attached hydrogens (tertiary/aromatic N) is 1. The van der Waals surface area contributed by atoms with Gasteiger partial charge in [0.15, 0.2) is 0 Å². The van der Waals surface area contributed by atoms with Crippen molar-refractivity contribution in [3.05, 3.63) is 0 Å². The van der Waals surface area contributed by atoms with E-state index in [1.807, 2.05) is 0 Å². The number of carbonyl (C=O) groups excluding carboxylic acids is 1. The zero-order valence-electron chi connectivity index (χ0n) is 12.7. The largest absolute Gasteiger partial charge is 0.380 e. The maximum absolute atomic E-state index is 12.5. The van der Waals surface area contributed by atoms with Gasteiger partial charge < -0.3 is 15.4 Å². The number of likely N-dealkylation sites (tertiary alicyclic amines) is 1. The number of ether oxygens (including phenoxy) is 1. The molecule has 3 unspecified atom stereocenters. The number of hydrogen-bond acceptors (Lipinski definition) is 3. The van der Waals surface area contributed by atoms with Crippen molar-refractivity contribution in [1.29, 1.82) is 0 Å². The molecule has 1 saturated heterocycles. The molecule has 2 N–H and O–H groups in total. The summed E-state index contributed by atoms with van der Waals surface area (Å²) in [4.78, 5) is 14.6. The van der Waals surface area contributed by atoms with E-state index < -0.39 is 0 Å². The van der Waals surface area contributed by atoms with Gasteiger partial charge in [-0.1, -0.05) is 20.8 Å². The fourth-order valence-electron chi connectivity index (χ4n) is 4.33. The monoisotopic (exact) mass is 268 g/mol. The quantitative estimate of drug-likeness (QED) is 0.845. The summed E-state index contributed by atoms with van der Waals surface area (Å²) in [5, 5.41) is 0. The Morgan fingerprint density at radius 3 is 2.68 bits per heavy atom. The molecule has 2 rings (SSSR count). The third kappa shape index (κ3) is 3.11. The van der Waals surface area contributed by atoms with Crippen molar-refractivity contribution < 1.29 is 9.53 Å². The van der Waals surface area contributed by atoms with Crippen molar-refractivity contribution in [1.82, 2.24) is 4.90 Å². The van der Waals surface area contributed by atoms with E-state index in [1.165, 1.54) is 6.42 Å². The highest BCUT2D eigenvalue weighted by atomic mass is 16.5. The predicted octanol–water partition coefficient (Wildman–Crippen LogP) is 1.78. The SMILES string of the molecule is COC(CN)CC(=O)N1CC2(C)CC1CC(C)(C)C2. The second-order valence-corrected chi connectivity index (χ2v) is 7.53. The van der Waals surface area contributed by atoms with Gasteiger partial charge in [-0.15, -0.1) is 0 Å². The highest BCUT2D eigenvalue weighted by Gasteiger charge is 2.50. The van der Waals surface area contributed by atoms with E-state index >= 15 is 0 Å². The first-order chi connectivity index (χ1) is 8.78. The Kier molecular flexibility index (Phi) is 3.94. The number of methoxy groups -OCH3 is 1. The first-order valence-electron chi connectivity index (χ1n) is 7.31. The van der Waals surface area contributed by atoms with E-state index in [4.69, 9.17) is 10.5 Å². The number of fused-ring (bicyclic) bond motifs is 2. The number of hydrogen-bond donors (Lipinski definition) is 1. The Hall–Kier alpha value is -0.610. The zero-order chi connectivity index (χ0) is 14.3. The molecule has 3 atom stereocenters. The fraction of sp³-hybridized carbons (Fsp3) is 0.933. The van der Waals surface area contributed by atoms with Crippen molar-refractivity contribution in [2.24, 2.45) is 16.6 Å². The molecule has 0 aromatic carbocycles. The van der Waals surface area contributed by atoms with Crippen LogP contribution in [-0.2, 0) is 9.53 Å². The lowest BCUT2D eigenvalue weighted by Crippen LogP contribution is -2.40. The average Bonchev–Trinajstić information content (AvgIpc) is 2.55. The summed E-state index contributed by atoms with van der Waals surface area (Å²) in [6.07, 6.45) is 3.76. The molecule has 1 heterocycles.